The van der Waals surface area contributed by atoms with Gasteiger partial charge in [0.15, 0.2) is 22.3 Å². The van der Waals surface area contributed by atoms with Crippen molar-refractivity contribution in [3.05, 3.63) is 114 Å². The zero-order valence-corrected chi connectivity index (χ0v) is 66.0. The van der Waals surface area contributed by atoms with E-state index in [2.05, 4.69) is 72.7 Å². The number of hydrogen-bond acceptors (Lipinski definition) is 20. The van der Waals surface area contributed by atoms with Gasteiger partial charge in [0.1, 0.15) is 57.2 Å². The Kier molecular flexibility index (Phi) is 31.9. The summed E-state index contributed by atoms with van der Waals surface area (Å²) < 4.78 is 62.3. The number of imidazole rings is 1. The number of aliphatic carboxylic acids is 1. The van der Waals surface area contributed by atoms with Gasteiger partial charge < -0.3 is 77.5 Å². The molecule has 0 saturated carbocycles. The molecule has 7 rings (SSSR count). The van der Waals surface area contributed by atoms with Crippen LogP contribution in [0.25, 0.3) is 11.3 Å². The number of nitrogens with one attached hydrogen (secondary N) is 1. The number of Topliss-reactive ketones (excluding diaryl/α,β-unsaturated/α-hetero) is 1. The molecule has 2 fully saturated rings. The number of aromatic amines is 1. The maximum atomic E-state index is 13.9. The number of aromatic nitrogens is 2. The first-order valence-electron chi connectivity index (χ1n) is 34.4. The number of carbonyl (C=O) groups is 7. The van der Waals surface area contributed by atoms with E-state index < -0.39 is 75.6 Å². The van der Waals surface area contributed by atoms with Crippen molar-refractivity contribution in [2.45, 2.75) is 188 Å². The Hall–Kier alpha value is -8.31. The summed E-state index contributed by atoms with van der Waals surface area (Å²) in [7, 11) is 1.60. The number of nitrogens with zero attached hydrogens (tertiary/aromatic N) is 3. The molecule has 3 unspecified atom stereocenters. The van der Waals surface area contributed by atoms with Crippen LogP contribution in [0.1, 0.15) is 161 Å². The van der Waals surface area contributed by atoms with Crippen molar-refractivity contribution < 1.29 is 90.2 Å². The van der Waals surface area contributed by atoms with Crippen molar-refractivity contribution in [3.8, 4) is 45.8 Å². The summed E-state index contributed by atoms with van der Waals surface area (Å²) in [6, 6.07) is 28.1. The maximum absolute atomic E-state index is 13.9. The minimum absolute atomic E-state index is 0. The summed E-state index contributed by atoms with van der Waals surface area (Å²) in [5.41, 5.74) is 0.560. The van der Waals surface area contributed by atoms with Gasteiger partial charge in [-0.3, -0.25) is 14.4 Å². The van der Waals surface area contributed by atoms with Crippen LogP contribution in [-0.2, 0) is 46.9 Å². The number of carbonyl (C=O) groups excluding carboxylic acids is 6. The largest absolute Gasteiger partial charge is 0.497 e. The van der Waals surface area contributed by atoms with Crippen LogP contribution >= 0.6 is 0 Å². The number of benzene rings is 4. The number of ether oxygens (including phenoxy) is 9. The Balaban J connectivity index is 0.000000407. The molecular weight excluding hydrogens is 1340 g/mol. The van der Waals surface area contributed by atoms with E-state index in [-0.39, 0.29) is 45.6 Å². The number of rotatable bonds is 24. The highest BCUT2D eigenvalue weighted by molar-refractivity contribution is 6.74. The topological polar surface area (TPSA) is 311 Å². The van der Waals surface area contributed by atoms with E-state index in [4.69, 9.17) is 66.4 Å². The predicted molar refractivity (Wildman–Crippen MR) is 395 cm³/mol. The van der Waals surface area contributed by atoms with Gasteiger partial charge in [-0.2, -0.15) is 0 Å². The molecule has 3 atom stereocenters. The standard InChI is InChI=1S/C37H53N3O7Si.C37H53NO10Si.C2H4O2.H3N/c1-36(2,3)47-35(42)40-22-19-25(20-23-40)30(21-24-45-48(9,10)37(4,5)6)33-38-31(32(39-33)34(41)44-8)26-11-13-28(14-12-26)46-29-17-15-27(43-7)16-18-29;1-36(2,3)48-35(42)38-22-19-25(20-23-38)30(21-24-45-49(9,10)37(4,5)6)33(40)47-32(34(41)44-8)31(39)26-11-13-28(14-12-26)46-29-17-15-27(43-7)16-18-29;1-2(3)4;/h11-18,25,30H,19-24H2,1-10H3,(H,38,39);11-18,25,30,32H,19-24H2,1-10H3;1H3,(H,3,4);1H3. The van der Waals surface area contributed by atoms with E-state index in [9.17, 15) is 28.8 Å². The molecule has 4 aromatic carbocycles. The van der Waals surface area contributed by atoms with Crippen LogP contribution < -0.4 is 25.1 Å². The number of carboxylic acid groups (broad SMARTS) is 1. The van der Waals surface area contributed by atoms with Crippen molar-refractivity contribution >= 4 is 58.5 Å². The Morgan fingerprint density at radius 3 is 1.28 bits per heavy atom. The summed E-state index contributed by atoms with van der Waals surface area (Å²) in [4.78, 5) is 99.8. The molecule has 2 amide bonds. The van der Waals surface area contributed by atoms with E-state index >= 15 is 0 Å². The van der Waals surface area contributed by atoms with Gasteiger partial charge in [-0.15, -0.1) is 0 Å². The first-order chi connectivity index (χ1) is 47.1. The Morgan fingerprint density at radius 1 is 0.539 bits per heavy atom. The summed E-state index contributed by atoms with van der Waals surface area (Å²) >= 11 is 0. The second-order valence-corrected chi connectivity index (χ2v) is 39.9. The molecule has 0 radical (unpaired) electrons. The number of hydrogen-bond donors (Lipinski definition) is 3. The lowest BCUT2D eigenvalue weighted by Gasteiger charge is -2.38. The Labute approximate surface area is 605 Å². The first-order valence-corrected chi connectivity index (χ1v) is 40.2. The number of H-pyrrole nitrogens is 1. The van der Waals surface area contributed by atoms with Crippen LogP contribution in [0, 0.1) is 17.8 Å². The van der Waals surface area contributed by atoms with Gasteiger partial charge in [-0.05, 0) is 225 Å². The average molecular weight is 1460 g/mol. The molecule has 3 heterocycles. The zero-order valence-electron chi connectivity index (χ0n) is 64.0. The van der Waals surface area contributed by atoms with Gasteiger partial charge in [-0.1, -0.05) is 41.5 Å². The number of likely N-dealkylation sites (tertiary alicyclic amines) is 2. The summed E-state index contributed by atoms with van der Waals surface area (Å²) in [5, 5.41) is 7.47. The number of amides is 2. The van der Waals surface area contributed by atoms with Gasteiger partial charge in [0.25, 0.3) is 12.1 Å². The van der Waals surface area contributed by atoms with Gasteiger partial charge >= 0.3 is 30.1 Å². The fourth-order valence-electron chi connectivity index (χ4n) is 10.7. The van der Waals surface area contributed by atoms with E-state index in [1.165, 1.54) is 19.2 Å². The average Bonchev–Trinajstić information content (AvgIpc) is 1.62. The van der Waals surface area contributed by atoms with E-state index in [1.54, 1.807) is 60.4 Å². The molecule has 2 aliphatic rings. The first kappa shape index (κ1) is 86.1. The van der Waals surface area contributed by atoms with Gasteiger partial charge in [-0.25, -0.2) is 24.2 Å². The SMILES string of the molecule is CC(=O)O.COC(=O)C(OC(=O)C(CCO[Si](C)(C)C(C)(C)C)C1CCN(C(=O)OC(C)(C)C)CC1)C(=O)c1ccc(Oc2ccc(OC)cc2)cc1.COC(=O)c1[nH]c(C(CCO[Si](C)(C)C(C)(C)C)C2CCN(C(=O)OC(C)(C)C)CC2)nc1-c1ccc(Oc2ccc(OC)cc2)cc1.N. The van der Waals surface area contributed by atoms with Crippen LogP contribution in [0.2, 0.25) is 36.3 Å². The quantitative estimate of drug-likeness (QED) is 0.0170. The monoisotopic (exact) mass is 1460 g/mol. The van der Waals surface area contributed by atoms with Gasteiger partial charge in [0, 0.05) is 63.4 Å². The molecule has 26 heteroatoms. The predicted octanol–water partition coefficient (Wildman–Crippen LogP) is 16.5. The molecule has 24 nitrogen and oxygen atoms in total. The van der Waals surface area contributed by atoms with Crippen molar-refractivity contribution in [1.82, 2.24) is 25.9 Å². The van der Waals surface area contributed by atoms with Crippen LogP contribution in [0.4, 0.5) is 9.59 Å². The smallest absolute Gasteiger partial charge is 0.410 e. The number of ketones is 1. The molecular formula is C76H113N5O19Si2. The van der Waals surface area contributed by atoms with Crippen molar-refractivity contribution in [1.29, 1.82) is 0 Å². The zero-order chi connectivity index (χ0) is 75.4. The molecule has 0 aliphatic carbocycles. The van der Waals surface area contributed by atoms with Crippen molar-refractivity contribution in [2.24, 2.45) is 17.8 Å². The molecule has 564 valence electrons. The molecule has 5 aromatic rings. The third-order valence-electron chi connectivity index (χ3n) is 18.4. The highest BCUT2D eigenvalue weighted by Gasteiger charge is 2.43. The second-order valence-electron chi connectivity index (χ2n) is 30.3. The summed E-state index contributed by atoms with van der Waals surface area (Å²) in [6.07, 6.45) is 1.19. The summed E-state index contributed by atoms with van der Waals surface area (Å²) in [6.45, 7) is 36.9. The highest BCUT2D eigenvalue weighted by Crippen LogP contribution is 2.42. The number of piperidine rings is 2. The van der Waals surface area contributed by atoms with Gasteiger partial charge in [0.2, 0.25) is 5.78 Å². The molecule has 0 bridgehead atoms. The fourth-order valence-corrected chi connectivity index (χ4v) is 12.8. The minimum Gasteiger partial charge on any atom is -0.497 e. The maximum Gasteiger partial charge on any atom is 0.410 e. The van der Waals surface area contributed by atoms with Crippen LogP contribution in [0.5, 0.6) is 34.5 Å². The van der Waals surface area contributed by atoms with Crippen LogP contribution in [-0.4, -0.2) is 168 Å². The Morgan fingerprint density at radius 2 is 0.912 bits per heavy atom. The second kappa shape index (κ2) is 37.7. The van der Waals surface area contributed by atoms with Crippen LogP contribution in [0.15, 0.2) is 97.1 Å². The third-order valence-corrected chi connectivity index (χ3v) is 27.5. The number of esters is 3. The van der Waals surface area contributed by atoms with Crippen molar-refractivity contribution in [3.63, 3.8) is 0 Å². The molecule has 0 spiro atoms. The highest BCUT2D eigenvalue weighted by atomic mass is 28.4. The third kappa shape index (κ3) is 26.2. The van der Waals surface area contributed by atoms with Gasteiger partial charge in [0.05, 0.1) is 34.4 Å². The van der Waals surface area contributed by atoms with E-state index in [1.807, 2.05) is 90.1 Å². The molecule has 5 N–H and O–H groups in total. The fraction of sp³-hybridized carbons (Fsp3) is 0.553. The molecule has 2 aliphatic heterocycles. The number of methoxy groups -OCH3 is 4. The number of carboxylic acids is 1. The lowest BCUT2D eigenvalue weighted by molar-refractivity contribution is -0.167. The normalized spacial score (nSPS) is 14.8. The van der Waals surface area contributed by atoms with E-state index in [0.29, 0.717) is 98.8 Å². The van der Waals surface area contributed by atoms with Crippen LogP contribution in [0.3, 0.4) is 0 Å². The minimum atomic E-state index is -2.12. The lowest BCUT2D eigenvalue weighted by Crippen LogP contribution is -2.45. The van der Waals surface area contributed by atoms with E-state index in [0.717, 1.165) is 50.4 Å². The lowest BCUT2D eigenvalue weighted by atomic mass is 9.82. The molecule has 2 saturated heterocycles. The molecule has 1 aromatic heterocycles. The Bertz CT molecular complexity index is 3500. The molecule has 102 heavy (non-hydrogen) atoms. The summed E-state index contributed by atoms with van der Waals surface area (Å²) in [5.74, 6) is 0.182. The van der Waals surface area contributed by atoms with Crippen molar-refractivity contribution in [2.75, 3.05) is 67.8 Å².